The highest BCUT2D eigenvalue weighted by Crippen LogP contribution is 2.14. The van der Waals surface area contributed by atoms with Gasteiger partial charge in [-0.05, 0) is 56.4 Å². The summed E-state index contributed by atoms with van der Waals surface area (Å²) in [7, 11) is 0. The van der Waals surface area contributed by atoms with Gasteiger partial charge in [0.15, 0.2) is 0 Å². The molecule has 3 heterocycles. The molecule has 0 spiro atoms. The summed E-state index contributed by atoms with van der Waals surface area (Å²) in [6.07, 6.45) is 8.46. The first-order chi connectivity index (χ1) is 13.5. The van der Waals surface area contributed by atoms with Gasteiger partial charge < -0.3 is 5.32 Å². The zero-order valence-electron chi connectivity index (χ0n) is 16.1. The van der Waals surface area contributed by atoms with Crippen molar-refractivity contribution >= 4 is 17.5 Å². The minimum absolute atomic E-state index is 0.126. The van der Waals surface area contributed by atoms with Crippen molar-refractivity contribution < 1.29 is 0 Å². The van der Waals surface area contributed by atoms with Crippen LogP contribution in [0.3, 0.4) is 0 Å². The number of pyridine rings is 2. The summed E-state index contributed by atoms with van der Waals surface area (Å²) in [4.78, 5) is 28.0. The molecule has 28 heavy (non-hydrogen) atoms. The molecule has 0 amide bonds. The highest BCUT2D eigenvalue weighted by atomic mass is 35.5. The monoisotopic (exact) mass is 397 g/mol. The number of nitrogens with one attached hydrogen (secondary N) is 2. The zero-order valence-corrected chi connectivity index (χ0v) is 16.9. The second-order valence-electron chi connectivity index (χ2n) is 6.87. The first-order valence-electron chi connectivity index (χ1n) is 9.36. The third-order valence-corrected chi connectivity index (χ3v) is 4.73. The van der Waals surface area contributed by atoms with Crippen LogP contribution >= 0.6 is 11.6 Å². The Kier molecular flexibility index (Phi) is 6.76. The summed E-state index contributed by atoms with van der Waals surface area (Å²) in [5.74, 6) is 0.497. The Morgan fingerprint density at radius 2 is 1.93 bits per heavy atom. The second-order valence-corrected chi connectivity index (χ2v) is 7.31. The van der Waals surface area contributed by atoms with Crippen LogP contribution in [0.4, 0.5) is 5.95 Å². The van der Waals surface area contributed by atoms with E-state index < -0.39 is 0 Å². The summed E-state index contributed by atoms with van der Waals surface area (Å²) in [6, 6.07) is 5.85. The van der Waals surface area contributed by atoms with Gasteiger partial charge in [-0.3, -0.25) is 19.7 Å². The first-order valence-corrected chi connectivity index (χ1v) is 9.73. The summed E-state index contributed by atoms with van der Waals surface area (Å²) in [6.45, 7) is 4.69. The Morgan fingerprint density at radius 3 is 2.64 bits per heavy atom. The molecule has 0 radical (unpaired) electrons. The fraction of sp³-hybridized carbons (Fsp3) is 0.333. The van der Waals surface area contributed by atoms with E-state index in [0.717, 1.165) is 48.3 Å². The van der Waals surface area contributed by atoms with Gasteiger partial charge >= 0.3 is 0 Å². The average molecular weight is 398 g/mol. The van der Waals surface area contributed by atoms with Gasteiger partial charge in [0.05, 0.1) is 5.02 Å². The molecule has 0 aliphatic rings. The van der Waals surface area contributed by atoms with Crippen LogP contribution in [-0.4, -0.2) is 26.5 Å². The van der Waals surface area contributed by atoms with Gasteiger partial charge in [0.2, 0.25) is 5.95 Å². The van der Waals surface area contributed by atoms with E-state index in [4.69, 9.17) is 11.6 Å². The maximum atomic E-state index is 12.3. The minimum atomic E-state index is -0.126. The Hall–Kier alpha value is -2.73. The van der Waals surface area contributed by atoms with Crippen LogP contribution in [0.1, 0.15) is 40.9 Å². The Balaban J connectivity index is 1.46. The lowest BCUT2D eigenvalue weighted by molar-refractivity contribution is 0.741. The molecule has 0 bridgehead atoms. The van der Waals surface area contributed by atoms with Crippen LogP contribution in [0.5, 0.6) is 0 Å². The lowest BCUT2D eigenvalue weighted by Gasteiger charge is -2.08. The van der Waals surface area contributed by atoms with Gasteiger partial charge in [0.25, 0.3) is 5.56 Å². The standard InChI is InChI=1S/C21H24ClN5O/c1-14-9-18(22)13-25-19(14)5-3-4-8-23-21-26-12-17(20(28)27-21)10-16-7-6-15(2)24-11-16/h6-7,9,11-13H,3-5,8,10H2,1-2H3,(H2,23,26,27,28). The molecule has 7 heteroatoms. The van der Waals surface area contributed by atoms with E-state index in [0.29, 0.717) is 23.0 Å². The number of anilines is 1. The molecule has 0 aliphatic carbocycles. The van der Waals surface area contributed by atoms with E-state index in [9.17, 15) is 4.79 Å². The van der Waals surface area contributed by atoms with Crippen LogP contribution in [0, 0.1) is 13.8 Å². The number of H-pyrrole nitrogens is 1. The summed E-state index contributed by atoms with van der Waals surface area (Å²) < 4.78 is 0. The van der Waals surface area contributed by atoms with Crippen molar-refractivity contribution in [2.75, 3.05) is 11.9 Å². The lowest BCUT2D eigenvalue weighted by atomic mass is 10.1. The van der Waals surface area contributed by atoms with Crippen LogP contribution in [0.25, 0.3) is 0 Å². The smallest absolute Gasteiger partial charge is 0.255 e. The number of rotatable bonds is 8. The number of aromatic nitrogens is 4. The molecular weight excluding hydrogens is 374 g/mol. The third kappa shape index (κ3) is 5.63. The van der Waals surface area contributed by atoms with Crippen molar-refractivity contribution in [3.63, 3.8) is 0 Å². The predicted molar refractivity (Wildman–Crippen MR) is 112 cm³/mol. The normalized spacial score (nSPS) is 10.8. The molecule has 3 aromatic rings. The molecule has 0 aliphatic heterocycles. The van der Waals surface area contributed by atoms with Gasteiger partial charge in [-0.15, -0.1) is 0 Å². The summed E-state index contributed by atoms with van der Waals surface area (Å²) in [5.41, 5.74) is 4.64. The van der Waals surface area contributed by atoms with Crippen LogP contribution < -0.4 is 10.9 Å². The van der Waals surface area contributed by atoms with Crippen molar-refractivity contribution in [3.05, 3.63) is 80.2 Å². The molecule has 3 rings (SSSR count). The van der Waals surface area contributed by atoms with Gasteiger partial charge in [0, 0.05) is 48.5 Å². The number of hydrogen-bond acceptors (Lipinski definition) is 5. The number of aryl methyl sites for hydroxylation is 3. The molecule has 0 fully saturated rings. The SMILES string of the molecule is Cc1ccc(Cc2cnc(NCCCCc3ncc(Cl)cc3C)[nH]c2=O)cn1. The highest BCUT2D eigenvalue weighted by molar-refractivity contribution is 6.30. The Morgan fingerprint density at radius 1 is 1.07 bits per heavy atom. The quantitative estimate of drug-likeness (QED) is 0.564. The van der Waals surface area contributed by atoms with Crippen LogP contribution in [-0.2, 0) is 12.8 Å². The number of aromatic amines is 1. The summed E-state index contributed by atoms with van der Waals surface area (Å²) >= 11 is 5.93. The van der Waals surface area contributed by atoms with Crippen molar-refractivity contribution in [3.8, 4) is 0 Å². The largest absolute Gasteiger partial charge is 0.356 e. The molecule has 146 valence electrons. The molecule has 6 nitrogen and oxygen atoms in total. The molecule has 0 atom stereocenters. The molecule has 0 saturated carbocycles. The molecule has 3 aromatic heterocycles. The maximum absolute atomic E-state index is 12.3. The highest BCUT2D eigenvalue weighted by Gasteiger charge is 2.05. The molecule has 0 aromatic carbocycles. The fourth-order valence-electron chi connectivity index (χ4n) is 2.91. The van der Waals surface area contributed by atoms with E-state index in [2.05, 4.69) is 25.3 Å². The van der Waals surface area contributed by atoms with Crippen LogP contribution in [0.2, 0.25) is 5.02 Å². The van der Waals surface area contributed by atoms with Crippen LogP contribution in [0.15, 0.2) is 41.6 Å². The fourth-order valence-corrected chi connectivity index (χ4v) is 3.13. The molecular formula is C21H24ClN5O. The van der Waals surface area contributed by atoms with Gasteiger partial charge in [-0.25, -0.2) is 4.98 Å². The Labute approximate surface area is 169 Å². The zero-order chi connectivity index (χ0) is 19.9. The van der Waals surface area contributed by atoms with Gasteiger partial charge in [-0.2, -0.15) is 0 Å². The number of nitrogens with zero attached hydrogens (tertiary/aromatic N) is 3. The molecule has 0 unspecified atom stereocenters. The van der Waals surface area contributed by atoms with E-state index in [1.807, 2.05) is 32.0 Å². The Bertz CT molecular complexity index is 985. The number of halogens is 1. The summed E-state index contributed by atoms with van der Waals surface area (Å²) in [5, 5.41) is 3.84. The molecule has 2 N–H and O–H groups in total. The van der Waals surface area contributed by atoms with Crippen molar-refractivity contribution in [1.82, 2.24) is 19.9 Å². The average Bonchev–Trinajstić information content (AvgIpc) is 2.67. The molecule has 0 saturated heterocycles. The number of unbranched alkanes of at least 4 members (excludes halogenated alkanes) is 1. The number of hydrogen-bond donors (Lipinski definition) is 2. The topological polar surface area (TPSA) is 83.6 Å². The van der Waals surface area contributed by atoms with E-state index in [1.54, 1.807) is 18.6 Å². The first kappa shape index (κ1) is 20.0. The predicted octanol–water partition coefficient (Wildman–Crippen LogP) is 3.86. The third-order valence-electron chi connectivity index (χ3n) is 4.53. The van der Waals surface area contributed by atoms with E-state index in [-0.39, 0.29) is 5.56 Å². The lowest BCUT2D eigenvalue weighted by Crippen LogP contribution is -2.17. The van der Waals surface area contributed by atoms with Crippen molar-refractivity contribution in [1.29, 1.82) is 0 Å². The van der Waals surface area contributed by atoms with Crippen molar-refractivity contribution in [2.45, 2.75) is 39.5 Å². The van der Waals surface area contributed by atoms with E-state index >= 15 is 0 Å². The second kappa shape index (κ2) is 9.46. The van der Waals surface area contributed by atoms with Gasteiger partial charge in [-0.1, -0.05) is 17.7 Å². The van der Waals surface area contributed by atoms with E-state index in [1.165, 1.54) is 0 Å². The van der Waals surface area contributed by atoms with Crippen molar-refractivity contribution in [2.24, 2.45) is 0 Å². The minimum Gasteiger partial charge on any atom is -0.356 e. The van der Waals surface area contributed by atoms with Gasteiger partial charge in [0.1, 0.15) is 0 Å². The maximum Gasteiger partial charge on any atom is 0.255 e.